The third kappa shape index (κ3) is 10.1. The molecule has 2 nitrogen and oxygen atoms in total. The topological polar surface area (TPSA) is 29.5 Å². The van der Waals surface area contributed by atoms with Gasteiger partial charge in [0.1, 0.15) is 0 Å². The lowest BCUT2D eigenvalue weighted by Crippen LogP contribution is -2.40. The molecule has 0 aromatic rings. The summed E-state index contributed by atoms with van der Waals surface area (Å²) in [5.74, 6) is 11.6. The molecule has 0 saturated heterocycles. The maximum Gasteiger partial charge on any atom is 0.191 e. The molecule has 0 aromatic heterocycles. The van der Waals surface area contributed by atoms with E-state index < -0.39 is 14.4 Å². The zero-order chi connectivity index (χ0) is 17.1. The van der Waals surface area contributed by atoms with Crippen LogP contribution in [0.3, 0.4) is 0 Å². The Hall–Kier alpha value is -0.743. The van der Waals surface area contributed by atoms with E-state index >= 15 is 0 Å². The fourth-order valence-electron chi connectivity index (χ4n) is 1.54. The Bertz CT molecular complexity index is 413. The monoisotopic (exact) mass is 322 g/mol. The highest BCUT2D eigenvalue weighted by atomic mass is 28.4. The van der Waals surface area contributed by atoms with Gasteiger partial charge < -0.3 is 9.53 Å². The van der Waals surface area contributed by atoms with Gasteiger partial charge in [0, 0.05) is 19.4 Å². The second kappa shape index (κ2) is 10.9. The molecule has 1 atom stereocenters. The molecule has 1 N–H and O–H groups in total. The summed E-state index contributed by atoms with van der Waals surface area (Å²) in [7, 11) is -1.64. The van der Waals surface area contributed by atoms with Gasteiger partial charge in [-0.05, 0) is 31.0 Å². The molecule has 126 valence electrons. The molecule has 0 aliphatic carbocycles. The van der Waals surface area contributed by atoms with Gasteiger partial charge in [0.15, 0.2) is 14.4 Å². The quantitative estimate of drug-likeness (QED) is 0.417. The Labute approximate surface area is 139 Å². The summed E-state index contributed by atoms with van der Waals surface area (Å²) in [6.45, 7) is 14.2. The summed E-state index contributed by atoms with van der Waals surface area (Å²) in [5.41, 5.74) is 0. The molecular weight excluding hydrogens is 288 g/mol. The molecule has 0 rings (SSSR count). The fourth-order valence-corrected chi connectivity index (χ4v) is 2.63. The third-order valence-corrected chi connectivity index (χ3v) is 8.64. The van der Waals surface area contributed by atoms with Gasteiger partial charge in [0.25, 0.3) is 0 Å². The number of hydrogen-bond acceptors (Lipinski definition) is 2. The van der Waals surface area contributed by atoms with Gasteiger partial charge >= 0.3 is 0 Å². The van der Waals surface area contributed by atoms with Crippen molar-refractivity contribution in [3.8, 4) is 23.7 Å². The summed E-state index contributed by atoms with van der Waals surface area (Å²) in [6.07, 6.45) is 5.22. The normalized spacial score (nSPS) is 12.9. The highest BCUT2D eigenvalue weighted by Crippen LogP contribution is 2.36. The first-order chi connectivity index (χ1) is 10.2. The molecule has 0 aliphatic heterocycles. The Balaban J connectivity index is 3.89. The van der Waals surface area contributed by atoms with Crippen molar-refractivity contribution in [2.45, 2.75) is 90.5 Å². The lowest BCUT2D eigenvalue weighted by Gasteiger charge is -2.36. The minimum absolute atomic E-state index is 0.252. The van der Waals surface area contributed by atoms with Gasteiger partial charge in [-0.3, -0.25) is 0 Å². The maximum absolute atomic E-state index is 9.63. The van der Waals surface area contributed by atoms with Crippen molar-refractivity contribution in [3.05, 3.63) is 0 Å². The molecule has 0 bridgehead atoms. The molecule has 0 aromatic carbocycles. The largest absolute Gasteiger partial charge is 0.417 e. The molecule has 0 fully saturated rings. The van der Waals surface area contributed by atoms with Crippen molar-refractivity contribution < 1.29 is 9.53 Å². The van der Waals surface area contributed by atoms with Gasteiger partial charge in [-0.15, -0.1) is 0 Å². The lowest BCUT2D eigenvalue weighted by molar-refractivity contribution is 0.283. The van der Waals surface area contributed by atoms with Crippen molar-refractivity contribution in [1.29, 1.82) is 0 Å². The second-order valence-corrected chi connectivity index (χ2v) is 12.0. The zero-order valence-electron chi connectivity index (χ0n) is 15.4. The number of rotatable bonds is 7. The Morgan fingerprint density at radius 1 is 1.00 bits per heavy atom. The SMILES string of the molecule is CCCCCC#C[C@@H](O)C#CCCCO[Si](C)(C)C(C)(C)C. The van der Waals surface area contributed by atoms with Crippen LogP contribution in [0.5, 0.6) is 0 Å². The van der Waals surface area contributed by atoms with Crippen LogP contribution in [0.1, 0.15) is 66.2 Å². The van der Waals surface area contributed by atoms with E-state index in [4.69, 9.17) is 4.43 Å². The number of aliphatic hydroxyl groups is 1. The molecule has 3 heteroatoms. The second-order valence-electron chi connectivity index (χ2n) is 7.21. The predicted octanol–water partition coefficient (Wildman–Crippen LogP) is 4.74. The van der Waals surface area contributed by atoms with Gasteiger partial charge in [-0.1, -0.05) is 64.2 Å². The van der Waals surface area contributed by atoms with Crippen LogP contribution in [0.15, 0.2) is 0 Å². The Morgan fingerprint density at radius 2 is 1.55 bits per heavy atom. The average Bonchev–Trinajstić information content (AvgIpc) is 2.41. The first kappa shape index (κ1) is 21.3. The maximum atomic E-state index is 9.63. The van der Waals surface area contributed by atoms with Gasteiger partial charge in [0.2, 0.25) is 0 Å². The van der Waals surface area contributed by atoms with E-state index in [9.17, 15) is 5.11 Å². The van der Waals surface area contributed by atoms with E-state index in [0.29, 0.717) is 0 Å². The Morgan fingerprint density at radius 3 is 2.05 bits per heavy atom. The van der Waals surface area contributed by atoms with Crippen molar-refractivity contribution in [2.75, 3.05) is 6.61 Å². The highest BCUT2D eigenvalue weighted by Gasteiger charge is 2.36. The number of unbranched alkanes of at least 4 members (excludes halogenated alkanes) is 4. The summed E-state index contributed by atoms with van der Waals surface area (Å²) >= 11 is 0. The van der Waals surface area contributed by atoms with Crippen LogP contribution in [-0.2, 0) is 4.43 Å². The zero-order valence-corrected chi connectivity index (χ0v) is 16.4. The van der Waals surface area contributed by atoms with Crippen molar-refractivity contribution in [1.82, 2.24) is 0 Å². The van der Waals surface area contributed by atoms with Crippen LogP contribution >= 0.6 is 0 Å². The van der Waals surface area contributed by atoms with Gasteiger partial charge in [-0.2, -0.15) is 0 Å². The first-order valence-electron chi connectivity index (χ1n) is 8.49. The predicted molar refractivity (Wildman–Crippen MR) is 98.1 cm³/mol. The van der Waals surface area contributed by atoms with Gasteiger partial charge in [-0.25, -0.2) is 0 Å². The Kier molecular flexibility index (Phi) is 10.5. The van der Waals surface area contributed by atoms with E-state index in [2.05, 4.69) is 64.5 Å². The molecule has 0 radical (unpaired) electrons. The van der Waals surface area contributed by atoms with Crippen LogP contribution in [0, 0.1) is 23.7 Å². The van der Waals surface area contributed by atoms with Crippen molar-refractivity contribution >= 4 is 8.32 Å². The number of aliphatic hydroxyl groups excluding tert-OH is 1. The van der Waals surface area contributed by atoms with Crippen LogP contribution in [0.4, 0.5) is 0 Å². The first-order valence-corrected chi connectivity index (χ1v) is 11.4. The van der Waals surface area contributed by atoms with Crippen LogP contribution < -0.4 is 0 Å². The van der Waals surface area contributed by atoms with E-state index in [0.717, 1.165) is 32.3 Å². The summed E-state index contributed by atoms with van der Waals surface area (Å²) in [4.78, 5) is 0. The standard InChI is InChI=1S/C19H34O2Si/c1-7-8-9-10-12-15-18(20)16-13-11-14-17-21-22(5,6)19(2,3)4/h18,20H,7-11,14,17H2,1-6H3/t18-/m1/s1. The fraction of sp³-hybridized carbons (Fsp3) is 0.789. The van der Waals surface area contributed by atoms with Crippen molar-refractivity contribution in [3.63, 3.8) is 0 Å². The van der Waals surface area contributed by atoms with Crippen LogP contribution in [0.2, 0.25) is 18.1 Å². The molecule has 0 spiro atoms. The third-order valence-electron chi connectivity index (χ3n) is 4.10. The minimum atomic E-state index is -1.64. The molecule has 0 amide bonds. The molecule has 22 heavy (non-hydrogen) atoms. The molecule has 0 heterocycles. The van der Waals surface area contributed by atoms with E-state index in [1.165, 1.54) is 12.8 Å². The smallest absolute Gasteiger partial charge is 0.191 e. The van der Waals surface area contributed by atoms with E-state index in [1.807, 2.05) is 0 Å². The highest BCUT2D eigenvalue weighted by molar-refractivity contribution is 6.74. The van der Waals surface area contributed by atoms with Crippen LogP contribution in [0.25, 0.3) is 0 Å². The van der Waals surface area contributed by atoms with Crippen LogP contribution in [-0.4, -0.2) is 26.1 Å². The minimum Gasteiger partial charge on any atom is -0.417 e. The summed E-state index contributed by atoms with van der Waals surface area (Å²) in [5, 5.41) is 9.88. The summed E-state index contributed by atoms with van der Waals surface area (Å²) in [6, 6.07) is 0. The van der Waals surface area contributed by atoms with Gasteiger partial charge in [0.05, 0.1) is 0 Å². The average molecular weight is 323 g/mol. The number of hydrogen-bond donors (Lipinski definition) is 1. The van der Waals surface area contributed by atoms with Crippen molar-refractivity contribution in [2.24, 2.45) is 0 Å². The molecule has 0 unspecified atom stereocenters. The van der Waals surface area contributed by atoms with E-state index in [1.54, 1.807) is 0 Å². The van der Waals surface area contributed by atoms with E-state index in [-0.39, 0.29) is 5.04 Å². The molecule has 0 saturated carbocycles. The lowest BCUT2D eigenvalue weighted by atomic mass is 10.2. The molecular formula is C19H34O2Si. The molecule has 0 aliphatic rings. The summed E-state index contributed by atoms with van der Waals surface area (Å²) < 4.78 is 6.08.